The zero-order valence-electron chi connectivity index (χ0n) is 13.9. The fraction of sp³-hybridized carbons (Fsp3) is 1.00. The van der Waals surface area contributed by atoms with E-state index in [1.165, 1.54) is 83.8 Å². The summed E-state index contributed by atoms with van der Waals surface area (Å²) in [7, 11) is 0. The van der Waals surface area contributed by atoms with E-state index in [0.717, 1.165) is 12.6 Å². The Morgan fingerprint density at radius 2 is 1.81 bits per heavy atom. The number of nitrogens with one attached hydrogen (secondary N) is 1. The maximum atomic E-state index is 6.23. The van der Waals surface area contributed by atoms with Crippen molar-refractivity contribution in [1.82, 2.24) is 10.2 Å². The lowest BCUT2D eigenvalue weighted by molar-refractivity contribution is -0.110. The van der Waals surface area contributed by atoms with Crippen molar-refractivity contribution in [3.63, 3.8) is 0 Å². The molecular formula is C18H34N2O. The van der Waals surface area contributed by atoms with Gasteiger partial charge in [-0.15, -0.1) is 0 Å². The van der Waals surface area contributed by atoms with E-state index in [-0.39, 0.29) is 5.60 Å². The topological polar surface area (TPSA) is 24.5 Å². The molecular weight excluding hydrogens is 260 g/mol. The lowest BCUT2D eigenvalue weighted by Crippen LogP contribution is -2.52. The monoisotopic (exact) mass is 294 g/mol. The summed E-state index contributed by atoms with van der Waals surface area (Å²) < 4.78 is 6.23. The Labute approximate surface area is 130 Å². The van der Waals surface area contributed by atoms with Gasteiger partial charge in [-0.1, -0.05) is 26.2 Å². The lowest BCUT2D eigenvalue weighted by atomic mass is 9.78. The minimum Gasteiger partial charge on any atom is -0.375 e. The second kappa shape index (κ2) is 7.43. The quantitative estimate of drug-likeness (QED) is 0.861. The second-order valence-corrected chi connectivity index (χ2v) is 7.56. The molecule has 21 heavy (non-hydrogen) atoms. The number of nitrogens with zero attached hydrogens (tertiary/aromatic N) is 1. The Hall–Kier alpha value is -0.120. The van der Waals surface area contributed by atoms with Crippen molar-refractivity contribution >= 4 is 0 Å². The largest absolute Gasteiger partial charge is 0.375 e. The zero-order valence-corrected chi connectivity index (χ0v) is 13.9. The molecule has 1 atom stereocenters. The fourth-order valence-corrected chi connectivity index (χ4v) is 4.69. The van der Waals surface area contributed by atoms with E-state index in [2.05, 4.69) is 17.1 Å². The molecule has 2 aliphatic heterocycles. The summed E-state index contributed by atoms with van der Waals surface area (Å²) in [6, 6.07) is 1.46. The Kier molecular flexibility index (Phi) is 5.58. The van der Waals surface area contributed by atoms with Crippen molar-refractivity contribution < 1.29 is 4.74 Å². The van der Waals surface area contributed by atoms with Gasteiger partial charge in [0.2, 0.25) is 0 Å². The van der Waals surface area contributed by atoms with Crippen LogP contribution in [-0.4, -0.2) is 48.8 Å². The normalized spacial score (nSPS) is 31.6. The van der Waals surface area contributed by atoms with E-state index in [1.807, 2.05) is 0 Å². The van der Waals surface area contributed by atoms with Gasteiger partial charge >= 0.3 is 0 Å². The molecule has 3 aliphatic rings. The minimum atomic E-state index is 0.247. The van der Waals surface area contributed by atoms with E-state index in [0.29, 0.717) is 6.04 Å². The Morgan fingerprint density at radius 3 is 2.52 bits per heavy atom. The maximum Gasteiger partial charge on any atom is 0.0697 e. The summed E-state index contributed by atoms with van der Waals surface area (Å²) in [5.74, 6) is 0. The van der Waals surface area contributed by atoms with Gasteiger partial charge in [0.15, 0.2) is 0 Å². The molecule has 1 N–H and O–H groups in total. The molecule has 0 radical (unpaired) electrons. The van der Waals surface area contributed by atoms with Gasteiger partial charge in [-0.2, -0.15) is 0 Å². The molecule has 1 saturated carbocycles. The van der Waals surface area contributed by atoms with Crippen molar-refractivity contribution in [2.45, 2.75) is 88.8 Å². The van der Waals surface area contributed by atoms with Crippen LogP contribution in [0, 0.1) is 0 Å². The van der Waals surface area contributed by atoms with Crippen LogP contribution in [0.1, 0.15) is 71.1 Å². The first-order valence-corrected chi connectivity index (χ1v) is 9.42. The first kappa shape index (κ1) is 15.8. The highest BCUT2D eigenvalue weighted by Gasteiger charge is 2.39. The van der Waals surface area contributed by atoms with E-state index in [4.69, 9.17) is 4.74 Å². The van der Waals surface area contributed by atoms with Gasteiger partial charge in [-0.25, -0.2) is 0 Å². The number of piperidine rings is 1. The van der Waals surface area contributed by atoms with Crippen LogP contribution >= 0.6 is 0 Å². The van der Waals surface area contributed by atoms with Crippen LogP contribution in [-0.2, 0) is 4.74 Å². The van der Waals surface area contributed by atoms with Crippen molar-refractivity contribution in [2.75, 3.05) is 26.2 Å². The van der Waals surface area contributed by atoms with Crippen LogP contribution in [0.5, 0.6) is 0 Å². The highest BCUT2D eigenvalue weighted by atomic mass is 16.5. The Morgan fingerprint density at radius 1 is 1.05 bits per heavy atom. The molecule has 2 saturated heterocycles. The summed E-state index contributed by atoms with van der Waals surface area (Å²) >= 11 is 0. The molecule has 2 heterocycles. The molecule has 0 amide bonds. The predicted molar refractivity (Wildman–Crippen MR) is 87.7 cm³/mol. The van der Waals surface area contributed by atoms with E-state index < -0.39 is 0 Å². The highest BCUT2D eigenvalue weighted by molar-refractivity contribution is 4.93. The number of rotatable bonds is 4. The third-order valence-electron chi connectivity index (χ3n) is 5.86. The summed E-state index contributed by atoms with van der Waals surface area (Å²) in [6.45, 7) is 7.13. The SMILES string of the molecule is CCCN1CCC(NC2CCOC3(CCCCC3)C2)CC1. The molecule has 1 aliphatic carbocycles. The van der Waals surface area contributed by atoms with E-state index in [1.54, 1.807) is 0 Å². The predicted octanol–water partition coefficient (Wildman–Crippen LogP) is 3.33. The Balaban J connectivity index is 1.45. The van der Waals surface area contributed by atoms with Gasteiger partial charge in [-0.3, -0.25) is 0 Å². The van der Waals surface area contributed by atoms with Gasteiger partial charge in [-0.05, 0) is 64.6 Å². The summed E-state index contributed by atoms with van der Waals surface area (Å²) in [5.41, 5.74) is 0.247. The van der Waals surface area contributed by atoms with Crippen molar-refractivity contribution in [1.29, 1.82) is 0 Å². The van der Waals surface area contributed by atoms with E-state index in [9.17, 15) is 0 Å². The highest BCUT2D eigenvalue weighted by Crippen LogP contribution is 2.38. The Bertz CT molecular complexity index is 301. The first-order chi connectivity index (χ1) is 10.3. The van der Waals surface area contributed by atoms with Gasteiger partial charge in [0.05, 0.1) is 5.60 Å². The van der Waals surface area contributed by atoms with Crippen molar-refractivity contribution in [3.8, 4) is 0 Å². The molecule has 122 valence electrons. The van der Waals surface area contributed by atoms with Gasteiger partial charge in [0.25, 0.3) is 0 Å². The molecule has 0 aromatic rings. The van der Waals surface area contributed by atoms with Crippen LogP contribution in [0.25, 0.3) is 0 Å². The first-order valence-electron chi connectivity index (χ1n) is 9.42. The average Bonchev–Trinajstić information content (AvgIpc) is 2.50. The van der Waals surface area contributed by atoms with E-state index >= 15 is 0 Å². The molecule has 1 unspecified atom stereocenters. The van der Waals surface area contributed by atoms with Crippen LogP contribution in [0.2, 0.25) is 0 Å². The number of hydrogen-bond acceptors (Lipinski definition) is 3. The van der Waals surface area contributed by atoms with Crippen molar-refractivity contribution in [3.05, 3.63) is 0 Å². The molecule has 0 aromatic heterocycles. The third kappa shape index (κ3) is 4.20. The third-order valence-corrected chi connectivity index (χ3v) is 5.86. The molecule has 3 heteroatoms. The maximum absolute atomic E-state index is 6.23. The molecule has 0 aromatic carbocycles. The van der Waals surface area contributed by atoms with Crippen LogP contribution < -0.4 is 5.32 Å². The molecule has 3 rings (SSSR count). The molecule has 1 spiro atoms. The minimum absolute atomic E-state index is 0.247. The second-order valence-electron chi connectivity index (χ2n) is 7.56. The van der Waals surface area contributed by atoms with Crippen LogP contribution in [0.15, 0.2) is 0 Å². The molecule has 3 fully saturated rings. The van der Waals surface area contributed by atoms with Crippen LogP contribution in [0.4, 0.5) is 0 Å². The standard InChI is InChI=1S/C18H34N2O/c1-2-11-20-12-6-16(7-13-20)19-17-8-14-21-18(15-17)9-4-3-5-10-18/h16-17,19H,2-15H2,1H3. The average molecular weight is 294 g/mol. The molecule has 0 bridgehead atoms. The summed E-state index contributed by atoms with van der Waals surface area (Å²) in [5, 5.41) is 3.99. The van der Waals surface area contributed by atoms with Gasteiger partial charge in [0.1, 0.15) is 0 Å². The summed E-state index contributed by atoms with van der Waals surface area (Å²) in [6.07, 6.45) is 13.2. The number of likely N-dealkylation sites (tertiary alicyclic amines) is 1. The van der Waals surface area contributed by atoms with Gasteiger partial charge in [0, 0.05) is 18.7 Å². The lowest BCUT2D eigenvalue weighted by Gasteiger charge is -2.45. The summed E-state index contributed by atoms with van der Waals surface area (Å²) in [4.78, 5) is 2.63. The molecule has 3 nitrogen and oxygen atoms in total. The zero-order chi connectivity index (χ0) is 14.5. The van der Waals surface area contributed by atoms with Crippen LogP contribution in [0.3, 0.4) is 0 Å². The van der Waals surface area contributed by atoms with Crippen molar-refractivity contribution in [2.24, 2.45) is 0 Å². The van der Waals surface area contributed by atoms with Gasteiger partial charge < -0.3 is 15.0 Å². The smallest absolute Gasteiger partial charge is 0.0697 e. The fourth-order valence-electron chi connectivity index (χ4n) is 4.69. The number of ether oxygens (including phenoxy) is 1. The number of hydrogen-bond donors (Lipinski definition) is 1.